The molecule has 1 heterocycles. The predicted molar refractivity (Wildman–Crippen MR) is 51.1 cm³/mol. The Bertz CT molecular complexity index is 397. The van der Waals surface area contributed by atoms with Gasteiger partial charge in [-0.3, -0.25) is 0 Å². The van der Waals surface area contributed by atoms with Crippen LogP contribution in [-0.2, 0) is 6.54 Å². The molecule has 0 aliphatic heterocycles. The van der Waals surface area contributed by atoms with E-state index in [0.717, 1.165) is 0 Å². The van der Waals surface area contributed by atoms with E-state index in [1.54, 1.807) is 13.8 Å². The molecule has 0 unspecified atom stereocenters. The van der Waals surface area contributed by atoms with Crippen LogP contribution in [0.3, 0.4) is 0 Å². The zero-order valence-corrected chi connectivity index (χ0v) is 9.93. The first-order valence-electron chi connectivity index (χ1n) is 5.21. The summed E-state index contributed by atoms with van der Waals surface area (Å²) in [6, 6.07) is -0.0311. The van der Waals surface area contributed by atoms with Crippen molar-refractivity contribution in [2.75, 3.05) is 0 Å². The van der Waals surface area contributed by atoms with Crippen molar-refractivity contribution in [3.8, 4) is 0 Å². The topological polar surface area (TPSA) is 51.0 Å². The summed E-state index contributed by atoms with van der Waals surface area (Å²) in [5, 5.41) is 8.72. The number of nitrogens with one attached hydrogen (secondary N) is 1. The van der Waals surface area contributed by atoms with Crippen LogP contribution in [0.1, 0.15) is 31.5 Å². The average Bonchev–Trinajstić information content (AvgIpc) is 2.58. The minimum atomic E-state index is -5.53. The monoisotopic (exact) mass is 291 g/mol. The summed E-state index contributed by atoms with van der Waals surface area (Å²) in [6.45, 7) is 3.38. The van der Waals surface area contributed by atoms with Crippen molar-refractivity contribution in [3.63, 3.8) is 0 Å². The number of rotatable bonds is 4. The lowest BCUT2D eigenvalue weighted by molar-refractivity contribution is -0.258. The fraction of sp³-hybridized carbons (Fsp3) is 0.778. The van der Waals surface area contributed by atoms with Gasteiger partial charge in [-0.05, 0) is 0 Å². The highest BCUT2D eigenvalue weighted by Gasteiger charge is 2.60. The Balaban J connectivity index is 2.93. The molecule has 0 saturated carbocycles. The number of hydrogen-bond donors (Lipinski definition) is 1. The van der Waals surface area contributed by atoms with Crippen molar-refractivity contribution in [1.29, 1.82) is 0 Å². The van der Waals surface area contributed by atoms with Gasteiger partial charge in [0.1, 0.15) is 0 Å². The van der Waals surface area contributed by atoms with Crippen LogP contribution in [0.2, 0.25) is 0 Å². The molecule has 1 aromatic rings. The Morgan fingerprint density at radius 2 is 1.58 bits per heavy atom. The maximum absolute atomic E-state index is 12.4. The fourth-order valence-electron chi connectivity index (χ4n) is 1.21. The van der Waals surface area contributed by atoms with Crippen LogP contribution in [0.15, 0.2) is 4.42 Å². The number of nitrogens with zero attached hydrogens (tertiary/aromatic N) is 2. The number of alkyl halides is 6. The van der Waals surface area contributed by atoms with Crippen molar-refractivity contribution in [2.45, 2.75) is 44.7 Å². The third-order valence-electron chi connectivity index (χ3n) is 2.05. The molecule has 0 saturated heterocycles. The van der Waals surface area contributed by atoms with Gasteiger partial charge in [0, 0.05) is 6.04 Å². The lowest BCUT2D eigenvalue weighted by Crippen LogP contribution is -2.34. The van der Waals surface area contributed by atoms with E-state index in [-0.39, 0.29) is 18.5 Å². The summed E-state index contributed by atoms with van der Waals surface area (Å²) in [4.78, 5) is 0. The summed E-state index contributed by atoms with van der Waals surface area (Å²) < 4.78 is 78.6. The van der Waals surface area contributed by atoms with Crippen LogP contribution in [0, 0.1) is 0 Å². The molecule has 0 atom stereocenters. The van der Waals surface area contributed by atoms with E-state index in [1.165, 1.54) is 0 Å². The minimum Gasteiger partial charge on any atom is -0.423 e. The molecule has 110 valence electrons. The quantitative estimate of drug-likeness (QED) is 0.867. The second-order valence-corrected chi connectivity index (χ2v) is 4.09. The van der Waals surface area contributed by atoms with Gasteiger partial charge in [0.2, 0.25) is 17.7 Å². The molecular formula is C9H11F6N3O. The van der Waals surface area contributed by atoms with Crippen molar-refractivity contribution >= 4 is 0 Å². The van der Waals surface area contributed by atoms with E-state index in [2.05, 4.69) is 19.9 Å². The second kappa shape index (κ2) is 5.35. The first kappa shape index (κ1) is 15.7. The van der Waals surface area contributed by atoms with Gasteiger partial charge in [-0.15, -0.1) is 10.2 Å². The lowest BCUT2D eigenvalue weighted by Gasteiger charge is -2.19. The standard InChI is InChI=1S/C9H11F6N3O/c1-4(2)16-3-5-17-18-7(19-5)6(8(10,11)12)9(13,14)15/h4,6,16H,3H2,1-2H3. The van der Waals surface area contributed by atoms with Gasteiger partial charge in [-0.2, -0.15) is 26.3 Å². The smallest absolute Gasteiger partial charge is 0.409 e. The largest absolute Gasteiger partial charge is 0.423 e. The molecule has 0 aromatic carbocycles. The van der Waals surface area contributed by atoms with E-state index in [1.807, 2.05) is 0 Å². The Labute approximate surface area is 104 Å². The molecule has 19 heavy (non-hydrogen) atoms. The Morgan fingerprint density at radius 1 is 1.05 bits per heavy atom. The number of halogens is 6. The Morgan fingerprint density at radius 3 is 2.00 bits per heavy atom. The first-order valence-corrected chi connectivity index (χ1v) is 5.21. The Hall–Kier alpha value is -1.32. The summed E-state index contributed by atoms with van der Waals surface area (Å²) >= 11 is 0. The molecule has 10 heteroatoms. The van der Waals surface area contributed by atoms with E-state index < -0.39 is 24.2 Å². The summed E-state index contributed by atoms with van der Waals surface area (Å²) in [5.41, 5.74) is 0. The van der Waals surface area contributed by atoms with Crippen LogP contribution in [0.5, 0.6) is 0 Å². The summed E-state index contributed by atoms with van der Waals surface area (Å²) in [6.07, 6.45) is -11.1. The highest BCUT2D eigenvalue weighted by atomic mass is 19.4. The fourth-order valence-corrected chi connectivity index (χ4v) is 1.21. The SMILES string of the molecule is CC(C)NCc1nnc(C(C(F)(F)F)C(F)(F)F)o1. The average molecular weight is 291 g/mol. The molecule has 0 fully saturated rings. The zero-order valence-electron chi connectivity index (χ0n) is 9.93. The first-order chi connectivity index (χ1) is 8.51. The number of hydrogen-bond acceptors (Lipinski definition) is 4. The maximum atomic E-state index is 12.4. The van der Waals surface area contributed by atoms with Crippen LogP contribution in [0.4, 0.5) is 26.3 Å². The molecular weight excluding hydrogens is 280 g/mol. The van der Waals surface area contributed by atoms with Crippen LogP contribution in [-0.4, -0.2) is 28.6 Å². The third-order valence-corrected chi connectivity index (χ3v) is 2.05. The van der Waals surface area contributed by atoms with Crippen LogP contribution < -0.4 is 5.32 Å². The van der Waals surface area contributed by atoms with Crippen LogP contribution >= 0.6 is 0 Å². The molecule has 1 rings (SSSR count). The molecule has 0 amide bonds. The molecule has 1 N–H and O–H groups in total. The third kappa shape index (κ3) is 4.37. The molecule has 1 aromatic heterocycles. The van der Waals surface area contributed by atoms with Gasteiger partial charge in [-0.25, -0.2) is 0 Å². The highest BCUT2D eigenvalue weighted by molar-refractivity contribution is 5.00. The second-order valence-electron chi connectivity index (χ2n) is 4.09. The van der Waals surface area contributed by atoms with Gasteiger partial charge in [-0.1, -0.05) is 13.8 Å². The minimum absolute atomic E-state index is 0.0311. The molecule has 0 spiro atoms. The molecule has 0 aliphatic rings. The maximum Gasteiger partial charge on any atom is 0.409 e. The summed E-state index contributed by atoms with van der Waals surface area (Å²) in [7, 11) is 0. The molecule has 0 aliphatic carbocycles. The molecule has 4 nitrogen and oxygen atoms in total. The van der Waals surface area contributed by atoms with Gasteiger partial charge >= 0.3 is 12.4 Å². The van der Waals surface area contributed by atoms with E-state index in [0.29, 0.717) is 0 Å². The van der Waals surface area contributed by atoms with Crippen molar-refractivity contribution in [2.24, 2.45) is 0 Å². The predicted octanol–water partition coefficient (Wildman–Crippen LogP) is 2.78. The van der Waals surface area contributed by atoms with E-state index in [4.69, 9.17) is 0 Å². The lowest BCUT2D eigenvalue weighted by atomic mass is 10.1. The van der Waals surface area contributed by atoms with Gasteiger partial charge < -0.3 is 9.73 Å². The normalized spacial score (nSPS) is 13.6. The summed E-state index contributed by atoms with van der Waals surface area (Å²) in [5.74, 6) is -5.59. The van der Waals surface area contributed by atoms with E-state index in [9.17, 15) is 26.3 Å². The Kier molecular flexibility index (Phi) is 4.43. The van der Waals surface area contributed by atoms with Crippen molar-refractivity contribution in [1.82, 2.24) is 15.5 Å². The van der Waals surface area contributed by atoms with Gasteiger partial charge in [0.25, 0.3) is 0 Å². The van der Waals surface area contributed by atoms with Crippen molar-refractivity contribution < 1.29 is 30.8 Å². The number of aromatic nitrogens is 2. The highest BCUT2D eigenvalue weighted by Crippen LogP contribution is 2.45. The molecule has 0 bridgehead atoms. The van der Waals surface area contributed by atoms with Crippen molar-refractivity contribution in [3.05, 3.63) is 11.8 Å². The van der Waals surface area contributed by atoms with Crippen LogP contribution in [0.25, 0.3) is 0 Å². The van der Waals surface area contributed by atoms with E-state index >= 15 is 0 Å². The van der Waals surface area contributed by atoms with Gasteiger partial charge in [0.05, 0.1) is 6.54 Å². The molecule has 0 radical (unpaired) electrons. The zero-order chi connectivity index (χ0) is 14.8. The van der Waals surface area contributed by atoms with Gasteiger partial charge in [0.15, 0.2) is 0 Å².